The lowest BCUT2D eigenvalue weighted by Crippen LogP contribution is -2.29. The van der Waals surface area contributed by atoms with Gasteiger partial charge in [0.05, 0.1) is 38.9 Å². The Morgan fingerprint density at radius 2 is 1.76 bits per heavy atom. The van der Waals surface area contributed by atoms with Crippen molar-refractivity contribution in [2.45, 2.75) is 36.2 Å². The number of rotatable bonds is 10. The highest BCUT2D eigenvalue weighted by Gasteiger charge is 2.32. The minimum Gasteiger partial charge on any atom is -0.495 e. The second kappa shape index (κ2) is 10.7. The maximum absolute atomic E-state index is 13.7. The number of fused-ring (bicyclic) bond motifs is 1. The molecule has 2 aliphatic rings. The number of aromatic nitrogens is 3. The van der Waals surface area contributed by atoms with Crippen LogP contribution < -0.4 is 24.2 Å². The summed E-state index contributed by atoms with van der Waals surface area (Å²) in [5.41, 5.74) is 1.99. The van der Waals surface area contributed by atoms with Crippen LogP contribution >= 0.6 is 0 Å². The Labute approximate surface area is 240 Å². The molecule has 3 N–H and O–H groups in total. The summed E-state index contributed by atoms with van der Waals surface area (Å²) in [6.07, 6.45) is 1.41. The summed E-state index contributed by atoms with van der Waals surface area (Å²) >= 11 is 0. The van der Waals surface area contributed by atoms with Crippen molar-refractivity contribution in [1.82, 2.24) is 20.3 Å². The van der Waals surface area contributed by atoms with Crippen LogP contribution in [-0.4, -0.2) is 75.2 Å². The number of nitrogens with one attached hydrogen (secondary N) is 3. The van der Waals surface area contributed by atoms with E-state index in [-0.39, 0.29) is 52.9 Å². The van der Waals surface area contributed by atoms with Gasteiger partial charge in [-0.3, -0.25) is 14.6 Å². The van der Waals surface area contributed by atoms with Crippen LogP contribution in [0, 0.1) is 0 Å². The number of sulfonamides is 1. The molecule has 2 fully saturated rings. The first-order valence-electron chi connectivity index (χ1n) is 13.2. The molecular formula is C27H29FN6O7S. The zero-order valence-corrected chi connectivity index (χ0v) is 23.9. The highest BCUT2D eigenvalue weighted by Crippen LogP contribution is 2.41. The van der Waals surface area contributed by atoms with Gasteiger partial charge in [0, 0.05) is 35.9 Å². The van der Waals surface area contributed by atoms with Crippen LogP contribution in [0.25, 0.3) is 11.0 Å². The Balaban J connectivity index is 1.30. The second-order valence-corrected chi connectivity index (χ2v) is 11.8. The molecule has 6 rings (SSSR count). The maximum Gasteiger partial charge on any atom is 0.270 e. The molecule has 1 atom stereocenters. The van der Waals surface area contributed by atoms with E-state index in [1.165, 1.54) is 38.4 Å². The number of H-pyrrole nitrogens is 1. The number of amides is 1. The summed E-state index contributed by atoms with van der Waals surface area (Å²) in [7, 11) is -0.359. The van der Waals surface area contributed by atoms with E-state index in [0.717, 1.165) is 18.5 Å². The number of alkyl halides is 1. The molecule has 2 aromatic carbocycles. The van der Waals surface area contributed by atoms with Gasteiger partial charge in [0.1, 0.15) is 23.4 Å². The number of anilines is 3. The molecule has 1 saturated carbocycles. The summed E-state index contributed by atoms with van der Waals surface area (Å²) in [6, 6.07) is 7.73. The molecule has 2 aromatic heterocycles. The third-order valence-electron chi connectivity index (χ3n) is 7.29. The van der Waals surface area contributed by atoms with Gasteiger partial charge < -0.3 is 29.0 Å². The fraction of sp³-hybridized carbons (Fsp3) is 0.370. The Hall–Kier alpha value is -4.53. The van der Waals surface area contributed by atoms with E-state index in [2.05, 4.69) is 25.4 Å². The van der Waals surface area contributed by atoms with E-state index in [1.54, 1.807) is 12.1 Å². The number of methoxy groups -OCH3 is 3. The molecule has 3 heterocycles. The van der Waals surface area contributed by atoms with E-state index in [4.69, 9.17) is 18.7 Å². The average molecular weight is 601 g/mol. The molecule has 0 bridgehead atoms. The fourth-order valence-electron chi connectivity index (χ4n) is 4.98. The molecule has 13 nitrogen and oxygen atoms in total. The smallest absolute Gasteiger partial charge is 0.270 e. The van der Waals surface area contributed by atoms with Gasteiger partial charge in [-0.25, -0.2) is 12.8 Å². The van der Waals surface area contributed by atoms with E-state index in [9.17, 15) is 17.6 Å². The van der Waals surface area contributed by atoms with Crippen LogP contribution in [-0.2, 0) is 10.0 Å². The number of halogens is 1. The molecule has 1 aliphatic carbocycles. The normalized spacial score (nSPS) is 17.0. The van der Waals surface area contributed by atoms with Crippen molar-refractivity contribution in [3.63, 3.8) is 0 Å². The molecule has 222 valence electrons. The number of hydrogen-bond donors (Lipinski definition) is 3. The van der Waals surface area contributed by atoms with Crippen LogP contribution in [0.3, 0.4) is 0 Å². The predicted molar refractivity (Wildman–Crippen MR) is 150 cm³/mol. The van der Waals surface area contributed by atoms with Gasteiger partial charge in [-0.05, 0) is 37.5 Å². The minimum atomic E-state index is -4.39. The van der Waals surface area contributed by atoms with Gasteiger partial charge in [-0.1, -0.05) is 5.16 Å². The van der Waals surface area contributed by atoms with E-state index in [0.29, 0.717) is 28.6 Å². The van der Waals surface area contributed by atoms with Crippen LogP contribution in [0.15, 0.2) is 39.8 Å². The molecule has 0 spiro atoms. The minimum absolute atomic E-state index is 0.0335. The van der Waals surface area contributed by atoms with Crippen LogP contribution in [0.1, 0.15) is 41.2 Å². The Bertz CT molecular complexity index is 1740. The topological polar surface area (TPSA) is 161 Å². The average Bonchev–Trinajstić information content (AvgIpc) is 3.37. The van der Waals surface area contributed by atoms with Crippen LogP contribution in [0.4, 0.5) is 21.7 Å². The zero-order chi connectivity index (χ0) is 29.6. The SMILES string of the molecule is COc1cc2c(NS(=O)(=O)c3c(OC)cc(C(=O)N4CC[C@@H](F)C4)cc3OC)noc2cc1Nc1cc(C2CC2)[nH]n1. The van der Waals surface area contributed by atoms with E-state index in [1.807, 2.05) is 6.07 Å². The number of aromatic amines is 1. The Morgan fingerprint density at radius 3 is 2.38 bits per heavy atom. The number of likely N-dealkylation sites (tertiary alicyclic amines) is 1. The van der Waals surface area contributed by atoms with Crippen molar-refractivity contribution >= 4 is 44.2 Å². The number of carbonyl (C=O) groups excluding carboxylic acids is 1. The first kappa shape index (κ1) is 27.6. The summed E-state index contributed by atoms with van der Waals surface area (Å²) < 4.78 is 65.1. The van der Waals surface area contributed by atoms with Gasteiger partial charge in [0.15, 0.2) is 22.1 Å². The molecule has 4 aromatic rings. The van der Waals surface area contributed by atoms with Crippen molar-refractivity contribution in [2.24, 2.45) is 0 Å². The highest BCUT2D eigenvalue weighted by atomic mass is 32.2. The van der Waals surface area contributed by atoms with E-state index >= 15 is 0 Å². The molecule has 15 heteroatoms. The Morgan fingerprint density at radius 1 is 1.05 bits per heavy atom. The molecule has 1 saturated heterocycles. The summed E-state index contributed by atoms with van der Waals surface area (Å²) in [5.74, 6) is 0.681. The molecule has 1 amide bonds. The number of benzene rings is 2. The maximum atomic E-state index is 13.7. The lowest BCUT2D eigenvalue weighted by Gasteiger charge is -2.19. The largest absolute Gasteiger partial charge is 0.495 e. The van der Waals surface area contributed by atoms with Gasteiger partial charge in [0.25, 0.3) is 15.9 Å². The van der Waals surface area contributed by atoms with Crippen LogP contribution in [0.2, 0.25) is 0 Å². The van der Waals surface area contributed by atoms with Crippen molar-refractivity contribution in [3.8, 4) is 17.2 Å². The van der Waals surface area contributed by atoms with Gasteiger partial charge >= 0.3 is 0 Å². The standard InChI is InChI=1S/C27H29FN6O7S/c1-38-21-10-17-20(11-19(21)29-24-12-18(30-31-24)14-4-5-14)41-32-26(17)33-42(36,37)25-22(39-2)8-15(9-23(25)40-3)27(35)34-7-6-16(28)13-34/h8-12,14,16H,4-7,13H2,1-3H3,(H,32,33)(H2,29,30,31)/t16-/m1/s1. The summed E-state index contributed by atoms with van der Waals surface area (Å²) in [5, 5.41) is 14.8. The third-order valence-corrected chi connectivity index (χ3v) is 8.70. The third kappa shape index (κ3) is 5.15. The molecule has 0 unspecified atom stereocenters. The molecule has 0 radical (unpaired) electrons. The first-order chi connectivity index (χ1) is 20.2. The van der Waals surface area contributed by atoms with Gasteiger partial charge in [0.2, 0.25) is 0 Å². The van der Waals surface area contributed by atoms with Gasteiger partial charge in [-0.15, -0.1) is 0 Å². The lowest BCUT2D eigenvalue weighted by atomic mass is 10.1. The number of ether oxygens (including phenoxy) is 3. The quantitative estimate of drug-likeness (QED) is 0.241. The second-order valence-electron chi connectivity index (χ2n) is 10.1. The number of nitrogens with zero attached hydrogens (tertiary/aromatic N) is 3. The van der Waals surface area contributed by atoms with Crippen molar-refractivity contribution in [3.05, 3.63) is 41.6 Å². The van der Waals surface area contributed by atoms with Crippen molar-refractivity contribution in [2.75, 3.05) is 44.5 Å². The van der Waals surface area contributed by atoms with Crippen molar-refractivity contribution in [1.29, 1.82) is 0 Å². The molecule has 42 heavy (non-hydrogen) atoms. The predicted octanol–water partition coefficient (Wildman–Crippen LogP) is 4.18. The lowest BCUT2D eigenvalue weighted by molar-refractivity contribution is 0.0782. The molecule has 1 aliphatic heterocycles. The number of hydrogen-bond acceptors (Lipinski definition) is 10. The Kier molecular flexibility index (Phi) is 7.04. The molecular weight excluding hydrogens is 571 g/mol. The zero-order valence-electron chi connectivity index (χ0n) is 23.1. The van der Waals surface area contributed by atoms with Crippen LogP contribution in [0.5, 0.6) is 17.2 Å². The number of carbonyl (C=O) groups is 1. The first-order valence-corrected chi connectivity index (χ1v) is 14.7. The van der Waals surface area contributed by atoms with Crippen molar-refractivity contribution < 1.29 is 36.3 Å². The van der Waals surface area contributed by atoms with E-state index < -0.39 is 22.1 Å². The highest BCUT2D eigenvalue weighted by molar-refractivity contribution is 7.93. The van der Waals surface area contributed by atoms with Gasteiger partial charge in [-0.2, -0.15) is 5.10 Å². The summed E-state index contributed by atoms with van der Waals surface area (Å²) in [4.78, 5) is 14.0. The summed E-state index contributed by atoms with van der Waals surface area (Å²) in [6.45, 7) is 0.226. The monoisotopic (exact) mass is 600 g/mol. The fourth-order valence-corrected chi connectivity index (χ4v) is 6.30.